The van der Waals surface area contributed by atoms with Gasteiger partial charge in [0.1, 0.15) is 5.60 Å². The lowest BCUT2D eigenvalue weighted by Crippen LogP contribution is -2.51. The fourth-order valence-corrected chi connectivity index (χ4v) is 2.18. The highest BCUT2D eigenvalue weighted by Crippen LogP contribution is 2.26. The zero-order chi connectivity index (χ0) is 15.4. The van der Waals surface area contributed by atoms with Gasteiger partial charge in [-0.1, -0.05) is 19.1 Å². The molecule has 0 N–H and O–H groups in total. The minimum Gasteiger partial charge on any atom is -0.444 e. The second-order valence-corrected chi connectivity index (χ2v) is 6.85. The lowest BCUT2D eigenvalue weighted by molar-refractivity contribution is -0.0724. The molecule has 1 rings (SSSR count). The molecular weight excluding hydrogens is 254 g/mol. The van der Waals surface area contributed by atoms with Gasteiger partial charge in [0.15, 0.2) is 0 Å². The van der Waals surface area contributed by atoms with Gasteiger partial charge in [-0.3, -0.25) is 0 Å². The Morgan fingerprint density at radius 2 is 2.05 bits per heavy atom. The van der Waals surface area contributed by atoms with Gasteiger partial charge in [-0.25, -0.2) is 4.79 Å². The van der Waals surface area contributed by atoms with Crippen LogP contribution in [-0.2, 0) is 9.47 Å². The van der Waals surface area contributed by atoms with Crippen molar-refractivity contribution in [2.24, 2.45) is 0 Å². The van der Waals surface area contributed by atoms with Crippen molar-refractivity contribution in [2.75, 3.05) is 19.7 Å². The van der Waals surface area contributed by atoms with Crippen molar-refractivity contribution < 1.29 is 14.3 Å². The third-order valence-corrected chi connectivity index (χ3v) is 3.44. The van der Waals surface area contributed by atoms with Gasteiger partial charge in [-0.2, -0.15) is 0 Å². The fraction of sp³-hybridized carbons (Fsp3) is 0.812. The number of ether oxygens (including phenoxy) is 2. The van der Waals surface area contributed by atoms with Crippen LogP contribution < -0.4 is 0 Å². The summed E-state index contributed by atoms with van der Waals surface area (Å²) >= 11 is 0. The molecule has 0 bridgehead atoms. The van der Waals surface area contributed by atoms with Gasteiger partial charge in [0.25, 0.3) is 0 Å². The SMILES string of the molecule is C=C(CC)COC1(C)CCCN(C(=O)OC(C)(C)C)C1. The maximum absolute atomic E-state index is 12.1. The van der Waals surface area contributed by atoms with Crippen molar-refractivity contribution in [3.05, 3.63) is 12.2 Å². The number of carbonyl (C=O) groups is 1. The Balaban J connectivity index is 2.56. The summed E-state index contributed by atoms with van der Waals surface area (Å²) in [6.45, 7) is 15.6. The van der Waals surface area contributed by atoms with Gasteiger partial charge in [0.05, 0.1) is 18.8 Å². The largest absolute Gasteiger partial charge is 0.444 e. The summed E-state index contributed by atoms with van der Waals surface area (Å²) in [4.78, 5) is 13.9. The summed E-state index contributed by atoms with van der Waals surface area (Å²) in [5.41, 5.74) is 0.329. The van der Waals surface area contributed by atoms with Crippen LogP contribution in [0.25, 0.3) is 0 Å². The van der Waals surface area contributed by atoms with E-state index in [1.54, 1.807) is 4.90 Å². The molecule has 1 heterocycles. The normalized spacial score (nSPS) is 23.6. The molecule has 116 valence electrons. The molecule has 0 aromatic heterocycles. The van der Waals surface area contributed by atoms with E-state index in [9.17, 15) is 4.79 Å². The van der Waals surface area contributed by atoms with Crippen LogP contribution in [-0.4, -0.2) is 41.9 Å². The third kappa shape index (κ3) is 5.53. The van der Waals surface area contributed by atoms with Crippen molar-refractivity contribution in [2.45, 2.75) is 65.1 Å². The maximum atomic E-state index is 12.1. The van der Waals surface area contributed by atoms with Gasteiger partial charge >= 0.3 is 6.09 Å². The molecule has 0 aromatic carbocycles. The second kappa shape index (κ2) is 6.61. The van der Waals surface area contributed by atoms with Crippen molar-refractivity contribution in [3.8, 4) is 0 Å². The molecule has 1 atom stereocenters. The highest BCUT2D eigenvalue weighted by Gasteiger charge is 2.35. The van der Waals surface area contributed by atoms with E-state index >= 15 is 0 Å². The van der Waals surface area contributed by atoms with E-state index in [4.69, 9.17) is 9.47 Å². The summed E-state index contributed by atoms with van der Waals surface area (Å²) in [5.74, 6) is 0. The van der Waals surface area contributed by atoms with E-state index in [1.807, 2.05) is 20.8 Å². The molecule has 1 fully saturated rings. The topological polar surface area (TPSA) is 38.8 Å². The van der Waals surface area contributed by atoms with Crippen LogP contribution in [0.2, 0.25) is 0 Å². The molecule has 0 aliphatic carbocycles. The molecule has 1 amide bonds. The smallest absolute Gasteiger partial charge is 0.410 e. The minimum absolute atomic E-state index is 0.249. The Hall–Kier alpha value is -1.03. The van der Waals surface area contributed by atoms with Crippen molar-refractivity contribution in [3.63, 3.8) is 0 Å². The summed E-state index contributed by atoms with van der Waals surface area (Å²) in [7, 11) is 0. The lowest BCUT2D eigenvalue weighted by Gasteiger charge is -2.40. The van der Waals surface area contributed by atoms with Gasteiger partial charge in [-0.15, -0.1) is 0 Å². The van der Waals surface area contributed by atoms with E-state index in [0.717, 1.165) is 31.4 Å². The molecule has 1 unspecified atom stereocenters. The van der Waals surface area contributed by atoms with Crippen molar-refractivity contribution >= 4 is 6.09 Å². The number of carbonyl (C=O) groups excluding carboxylic acids is 1. The van der Waals surface area contributed by atoms with Gasteiger partial charge < -0.3 is 14.4 Å². The predicted octanol–water partition coefficient (Wildman–Crippen LogP) is 3.76. The average Bonchev–Trinajstić information content (AvgIpc) is 2.34. The molecule has 1 saturated heterocycles. The minimum atomic E-state index is -0.456. The number of rotatable bonds is 4. The van der Waals surface area contributed by atoms with Crippen molar-refractivity contribution in [1.82, 2.24) is 4.90 Å². The third-order valence-electron chi connectivity index (χ3n) is 3.44. The zero-order valence-electron chi connectivity index (χ0n) is 13.6. The number of nitrogens with zero attached hydrogens (tertiary/aromatic N) is 1. The monoisotopic (exact) mass is 283 g/mol. The summed E-state index contributed by atoms with van der Waals surface area (Å²) in [6, 6.07) is 0. The van der Waals surface area contributed by atoms with E-state index in [0.29, 0.717) is 13.2 Å². The molecule has 20 heavy (non-hydrogen) atoms. The fourth-order valence-electron chi connectivity index (χ4n) is 2.18. The highest BCUT2D eigenvalue weighted by molar-refractivity contribution is 5.68. The average molecular weight is 283 g/mol. The number of hydrogen-bond donors (Lipinski definition) is 0. The molecule has 0 aromatic rings. The maximum Gasteiger partial charge on any atom is 0.410 e. The number of amides is 1. The zero-order valence-corrected chi connectivity index (χ0v) is 13.6. The first-order chi connectivity index (χ1) is 9.15. The molecule has 0 radical (unpaired) electrons. The van der Waals surface area contributed by atoms with Crippen molar-refractivity contribution in [1.29, 1.82) is 0 Å². The predicted molar refractivity (Wildman–Crippen MR) is 80.8 cm³/mol. The second-order valence-electron chi connectivity index (χ2n) is 6.85. The summed E-state index contributed by atoms with van der Waals surface area (Å²) < 4.78 is 11.4. The van der Waals surface area contributed by atoms with E-state index < -0.39 is 5.60 Å². The number of piperidine rings is 1. The van der Waals surface area contributed by atoms with Crippen LogP contribution in [0.1, 0.15) is 53.9 Å². The molecule has 1 aliphatic heterocycles. The summed E-state index contributed by atoms with van der Waals surface area (Å²) in [5, 5.41) is 0. The molecule has 0 spiro atoms. The van der Waals surface area contributed by atoms with Gasteiger partial charge in [0.2, 0.25) is 0 Å². The quantitative estimate of drug-likeness (QED) is 0.737. The standard InChI is InChI=1S/C16H29NO3/c1-7-13(2)11-19-16(6)9-8-10-17(12-16)14(18)20-15(3,4)5/h2,7-12H2,1,3-6H3. The van der Waals surface area contributed by atoms with Gasteiger partial charge in [-0.05, 0) is 47.0 Å². The molecule has 0 saturated carbocycles. The Morgan fingerprint density at radius 1 is 1.40 bits per heavy atom. The van der Waals surface area contributed by atoms with Crippen LogP contribution >= 0.6 is 0 Å². The Bertz CT molecular complexity index is 359. The first-order valence-corrected chi connectivity index (χ1v) is 7.44. The molecule has 1 aliphatic rings. The highest BCUT2D eigenvalue weighted by atomic mass is 16.6. The van der Waals surface area contributed by atoms with E-state index in [-0.39, 0.29) is 11.7 Å². The molecular formula is C16H29NO3. The summed E-state index contributed by atoms with van der Waals surface area (Å²) in [6.07, 6.45) is 2.57. The first kappa shape index (κ1) is 17.0. The Morgan fingerprint density at radius 3 is 2.60 bits per heavy atom. The van der Waals surface area contributed by atoms with Crippen LogP contribution in [0, 0.1) is 0 Å². The van der Waals surface area contributed by atoms with Crippen LogP contribution in [0.15, 0.2) is 12.2 Å². The number of likely N-dealkylation sites (tertiary alicyclic amines) is 1. The Labute approximate surface area is 123 Å². The molecule has 4 nitrogen and oxygen atoms in total. The van der Waals surface area contributed by atoms with Crippen LogP contribution in [0.5, 0.6) is 0 Å². The van der Waals surface area contributed by atoms with E-state index in [2.05, 4.69) is 20.4 Å². The number of hydrogen-bond acceptors (Lipinski definition) is 3. The van der Waals surface area contributed by atoms with E-state index in [1.165, 1.54) is 0 Å². The van der Waals surface area contributed by atoms with Crippen LogP contribution in [0.3, 0.4) is 0 Å². The molecule has 4 heteroatoms. The van der Waals surface area contributed by atoms with Gasteiger partial charge in [0, 0.05) is 6.54 Å². The Kier molecular flexibility index (Phi) is 5.63. The lowest BCUT2D eigenvalue weighted by atomic mass is 9.95. The first-order valence-electron chi connectivity index (χ1n) is 7.44. The van der Waals surface area contributed by atoms with Crippen LogP contribution in [0.4, 0.5) is 4.79 Å².